The fourth-order valence-electron chi connectivity index (χ4n) is 3.93. The molecule has 3 N–H and O–H groups in total. The number of H-pyrrole nitrogens is 2. The Bertz CT molecular complexity index is 1030. The Morgan fingerprint density at radius 1 is 1.12 bits per heavy atom. The fraction of sp³-hybridized carbons (Fsp3) is 0.316. The standard InChI is InChI=1S/C19H20N6O/c26-11-19(18-23-14-3-1-2-4-15(14)24-18)6-9-25(10-7-19)17-13-5-8-20-16(13)21-12-22-17/h1-5,8,12,26H,6-7,9-11H2,(H,23,24)(H,20,21,22). The normalized spacial score (nSPS) is 17.2. The molecule has 0 aliphatic carbocycles. The van der Waals surface area contributed by atoms with E-state index in [0.29, 0.717) is 0 Å². The van der Waals surface area contributed by atoms with E-state index in [1.807, 2.05) is 36.5 Å². The van der Waals surface area contributed by atoms with Crippen LogP contribution < -0.4 is 4.90 Å². The van der Waals surface area contributed by atoms with Crippen LogP contribution in [0.1, 0.15) is 18.7 Å². The van der Waals surface area contributed by atoms with Crippen molar-refractivity contribution >= 4 is 27.9 Å². The first kappa shape index (κ1) is 15.3. The molecule has 1 saturated heterocycles. The zero-order valence-electron chi connectivity index (χ0n) is 14.3. The van der Waals surface area contributed by atoms with Gasteiger partial charge in [0.1, 0.15) is 23.6 Å². The van der Waals surface area contributed by atoms with Crippen LogP contribution in [-0.4, -0.2) is 49.7 Å². The maximum atomic E-state index is 10.2. The number of anilines is 1. The molecule has 132 valence electrons. The second kappa shape index (κ2) is 5.81. The van der Waals surface area contributed by atoms with Crippen molar-refractivity contribution in [2.75, 3.05) is 24.6 Å². The third kappa shape index (κ3) is 2.28. The lowest BCUT2D eigenvalue weighted by Gasteiger charge is -2.40. The van der Waals surface area contributed by atoms with Gasteiger partial charge >= 0.3 is 0 Å². The van der Waals surface area contributed by atoms with Crippen LogP contribution in [0.25, 0.3) is 22.1 Å². The van der Waals surface area contributed by atoms with Gasteiger partial charge in [-0.05, 0) is 31.0 Å². The maximum Gasteiger partial charge on any atom is 0.142 e. The molecule has 1 fully saturated rings. The number of para-hydroxylation sites is 2. The molecule has 1 aliphatic rings. The number of hydrogen-bond acceptors (Lipinski definition) is 5. The first-order valence-electron chi connectivity index (χ1n) is 8.88. The van der Waals surface area contributed by atoms with E-state index in [-0.39, 0.29) is 12.0 Å². The van der Waals surface area contributed by atoms with Crippen LogP contribution in [0, 0.1) is 0 Å². The molecule has 7 heteroatoms. The van der Waals surface area contributed by atoms with Crippen LogP contribution in [-0.2, 0) is 5.41 Å². The molecule has 26 heavy (non-hydrogen) atoms. The number of piperidine rings is 1. The molecular weight excluding hydrogens is 328 g/mol. The van der Waals surface area contributed by atoms with Crippen LogP contribution in [0.15, 0.2) is 42.9 Å². The first-order chi connectivity index (χ1) is 12.8. The molecule has 0 bridgehead atoms. The Morgan fingerprint density at radius 2 is 1.96 bits per heavy atom. The predicted octanol–water partition coefficient (Wildman–Crippen LogP) is 2.36. The molecule has 0 unspecified atom stereocenters. The second-order valence-electron chi connectivity index (χ2n) is 6.97. The van der Waals surface area contributed by atoms with E-state index in [2.05, 4.69) is 24.8 Å². The highest BCUT2D eigenvalue weighted by molar-refractivity contribution is 5.87. The smallest absolute Gasteiger partial charge is 0.142 e. The van der Waals surface area contributed by atoms with E-state index >= 15 is 0 Å². The van der Waals surface area contributed by atoms with Gasteiger partial charge in [0.25, 0.3) is 0 Å². The van der Waals surface area contributed by atoms with Crippen LogP contribution in [0.3, 0.4) is 0 Å². The molecule has 0 atom stereocenters. The molecule has 3 aromatic heterocycles. The van der Waals surface area contributed by atoms with E-state index < -0.39 is 0 Å². The summed E-state index contributed by atoms with van der Waals surface area (Å²) in [6.07, 6.45) is 5.12. The molecular formula is C19H20N6O. The summed E-state index contributed by atoms with van der Waals surface area (Å²) in [7, 11) is 0. The van der Waals surface area contributed by atoms with Gasteiger partial charge in [0.05, 0.1) is 28.4 Å². The Labute approximate surface area is 150 Å². The summed E-state index contributed by atoms with van der Waals surface area (Å²) >= 11 is 0. The molecule has 4 aromatic rings. The lowest BCUT2D eigenvalue weighted by molar-refractivity contribution is 0.158. The maximum absolute atomic E-state index is 10.2. The zero-order chi connectivity index (χ0) is 17.6. The quantitative estimate of drug-likeness (QED) is 0.528. The van der Waals surface area contributed by atoms with E-state index in [1.54, 1.807) is 6.33 Å². The molecule has 0 saturated carbocycles. The molecule has 0 amide bonds. The van der Waals surface area contributed by atoms with Gasteiger partial charge in [0.15, 0.2) is 0 Å². The summed E-state index contributed by atoms with van der Waals surface area (Å²) in [6, 6.07) is 10.0. The van der Waals surface area contributed by atoms with Gasteiger partial charge in [-0.25, -0.2) is 15.0 Å². The predicted molar refractivity (Wildman–Crippen MR) is 100 cm³/mol. The molecule has 0 radical (unpaired) electrons. The van der Waals surface area contributed by atoms with Crippen molar-refractivity contribution in [3.8, 4) is 0 Å². The Morgan fingerprint density at radius 3 is 2.77 bits per heavy atom. The number of imidazole rings is 1. The topological polar surface area (TPSA) is 93.7 Å². The molecule has 5 rings (SSSR count). The Kier molecular flexibility index (Phi) is 3.43. The summed E-state index contributed by atoms with van der Waals surface area (Å²) < 4.78 is 0. The van der Waals surface area contributed by atoms with Crippen LogP contribution >= 0.6 is 0 Å². The van der Waals surface area contributed by atoms with Crippen molar-refractivity contribution in [2.24, 2.45) is 0 Å². The lowest BCUT2D eigenvalue weighted by atomic mass is 9.78. The monoisotopic (exact) mass is 348 g/mol. The SMILES string of the molecule is OCC1(c2nc3ccccc3[nH]2)CCN(c2ncnc3[nH]ccc23)CC1. The number of aromatic amines is 2. The highest BCUT2D eigenvalue weighted by atomic mass is 16.3. The average Bonchev–Trinajstić information content (AvgIpc) is 3.34. The lowest BCUT2D eigenvalue weighted by Crippen LogP contribution is -2.45. The van der Waals surface area contributed by atoms with Crippen molar-refractivity contribution in [3.05, 3.63) is 48.7 Å². The van der Waals surface area contributed by atoms with Gasteiger partial charge in [-0.3, -0.25) is 0 Å². The number of hydrogen-bond donors (Lipinski definition) is 3. The van der Waals surface area contributed by atoms with E-state index in [4.69, 9.17) is 4.98 Å². The molecule has 7 nitrogen and oxygen atoms in total. The highest BCUT2D eigenvalue weighted by Crippen LogP contribution is 2.36. The summed E-state index contributed by atoms with van der Waals surface area (Å²) in [5, 5.41) is 11.2. The van der Waals surface area contributed by atoms with Crippen molar-refractivity contribution < 1.29 is 5.11 Å². The van der Waals surface area contributed by atoms with Crippen LogP contribution in [0.2, 0.25) is 0 Å². The molecule has 4 heterocycles. The Hall–Kier alpha value is -2.93. The van der Waals surface area contributed by atoms with Gasteiger partial charge < -0.3 is 20.0 Å². The number of aliphatic hydroxyl groups excluding tert-OH is 1. The van der Waals surface area contributed by atoms with E-state index in [1.165, 1.54) is 0 Å². The summed E-state index contributed by atoms with van der Waals surface area (Å²) in [5.74, 6) is 1.84. The number of aliphatic hydroxyl groups is 1. The van der Waals surface area contributed by atoms with Gasteiger partial charge in [0, 0.05) is 19.3 Å². The van der Waals surface area contributed by atoms with Crippen LogP contribution in [0.5, 0.6) is 0 Å². The number of nitrogens with zero attached hydrogens (tertiary/aromatic N) is 4. The zero-order valence-corrected chi connectivity index (χ0v) is 14.3. The van der Waals surface area contributed by atoms with Crippen molar-refractivity contribution in [2.45, 2.75) is 18.3 Å². The van der Waals surface area contributed by atoms with E-state index in [9.17, 15) is 5.11 Å². The number of rotatable bonds is 3. The highest BCUT2D eigenvalue weighted by Gasteiger charge is 2.39. The summed E-state index contributed by atoms with van der Waals surface area (Å²) in [6.45, 7) is 1.72. The van der Waals surface area contributed by atoms with E-state index in [0.717, 1.165) is 59.6 Å². The molecule has 0 spiro atoms. The number of aromatic nitrogens is 5. The number of fused-ring (bicyclic) bond motifs is 2. The summed E-state index contributed by atoms with van der Waals surface area (Å²) in [4.78, 5) is 22.3. The third-order valence-corrected chi connectivity index (χ3v) is 5.55. The van der Waals surface area contributed by atoms with Gasteiger partial charge in [-0.15, -0.1) is 0 Å². The number of nitrogens with one attached hydrogen (secondary N) is 2. The minimum Gasteiger partial charge on any atom is -0.395 e. The van der Waals surface area contributed by atoms with Gasteiger partial charge in [-0.1, -0.05) is 12.1 Å². The van der Waals surface area contributed by atoms with Crippen molar-refractivity contribution in [3.63, 3.8) is 0 Å². The summed E-state index contributed by atoms with van der Waals surface area (Å²) in [5.41, 5.74) is 2.48. The second-order valence-corrected chi connectivity index (χ2v) is 6.97. The average molecular weight is 348 g/mol. The Balaban J connectivity index is 1.45. The molecule has 1 aliphatic heterocycles. The van der Waals surface area contributed by atoms with Crippen molar-refractivity contribution in [1.82, 2.24) is 24.9 Å². The van der Waals surface area contributed by atoms with Crippen molar-refractivity contribution in [1.29, 1.82) is 0 Å². The first-order valence-corrected chi connectivity index (χ1v) is 8.88. The fourth-order valence-corrected chi connectivity index (χ4v) is 3.93. The van der Waals surface area contributed by atoms with Gasteiger partial charge in [0.2, 0.25) is 0 Å². The number of benzene rings is 1. The minimum atomic E-state index is -0.334. The van der Waals surface area contributed by atoms with Crippen LogP contribution in [0.4, 0.5) is 5.82 Å². The van der Waals surface area contributed by atoms with Gasteiger partial charge in [-0.2, -0.15) is 0 Å². The largest absolute Gasteiger partial charge is 0.395 e. The third-order valence-electron chi connectivity index (χ3n) is 5.55. The minimum absolute atomic E-state index is 0.0873. The molecule has 1 aromatic carbocycles.